The van der Waals surface area contributed by atoms with E-state index in [9.17, 15) is 14.4 Å². The maximum Gasteiger partial charge on any atom is 0.269 e. The highest BCUT2D eigenvalue weighted by molar-refractivity contribution is 7.99. The molecule has 166 valence electrons. The first-order valence-electron chi connectivity index (χ1n) is 10.3. The van der Waals surface area contributed by atoms with Crippen LogP contribution in [0.5, 0.6) is 0 Å². The first-order valence-corrected chi connectivity index (χ1v) is 11.3. The highest BCUT2D eigenvalue weighted by Gasteiger charge is 2.15. The topological polar surface area (TPSA) is 93.1 Å². The summed E-state index contributed by atoms with van der Waals surface area (Å²) in [5, 5.41) is 0.895. The number of carbonyl (C=O) groups excluding carboxylic acids is 2. The van der Waals surface area contributed by atoms with Crippen molar-refractivity contribution in [3.63, 3.8) is 0 Å². The summed E-state index contributed by atoms with van der Waals surface area (Å²) >= 11 is 1.13. The van der Waals surface area contributed by atoms with Crippen LogP contribution < -0.4 is 16.4 Å². The summed E-state index contributed by atoms with van der Waals surface area (Å²) in [4.78, 5) is 42.5. The Bertz CT molecular complexity index is 1400. The lowest BCUT2D eigenvalue weighted by Gasteiger charge is -2.14. The molecule has 0 aliphatic heterocycles. The zero-order valence-electron chi connectivity index (χ0n) is 18.2. The van der Waals surface area contributed by atoms with E-state index in [0.29, 0.717) is 27.3 Å². The number of nitrogens with one attached hydrogen (secondary N) is 2. The molecule has 0 spiro atoms. The van der Waals surface area contributed by atoms with Gasteiger partial charge in [0.2, 0.25) is 5.91 Å². The van der Waals surface area contributed by atoms with Gasteiger partial charge in [0.05, 0.1) is 22.3 Å². The summed E-state index contributed by atoms with van der Waals surface area (Å²) in [5.74, 6) is -0.867. The monoisotopic (exact) mass is 458 g/mol. The van der Waals surface area contributed by atoms with E-state index in [2.05, 4.69) is 15.8 Å². The van der Waals surface area contributed by atoms with Gasteiger partial charge in [-0.1, -0.05) is 48.2 Å². The lowest BCUT2D eigenvalue weighted by Crippen LogP contribution is -2.42. The van der Waals surface area contributed by atoms with Crippen LogP contribution in [-0.4, -0.2) is 27.1 Å². The molecule has 4 rings (SSSR count). The molecule has 7 nitrogen and oxygen atoms in total. The Morgan fingerprint density at radius 2 is 1.64 bits per heavy atom. The number of aryl methyl sites for hydroxylation is 2. The minimum absolute atomic E-state index is 0.0370. The van der Waals surface area contributed by atoms with Crippen LogP contribution in [-0.2, 0) is 4.79 Å². The number of para-hydroxylation sites is 1. The molecule has 0 radical (unpaired) electrons. The molecule has 3 aromatic carbocycles. The number of aromatic nitrogens is 2. The van der Waals surface area contributed by atoms with Gasteiger partial charge in [0.15, 0.2) is 5.16 Å². The van der Waals surface area contributed by atoms with Crippen LogP contribution in [0.1, 0.15) is 21.5 Å². The van der Waals surface area contributed by atoms with Crippen LogP contribution in [0, 0.1) is 13.8 Å². The Hall–Kier alpha value is -3.91. The van der Waals surface area contributed by atoms with E-state index in [1.54, 1.807) is 48.5 Å². The van der Waals surface area contributed by atoms with Crippen LogP contribution in [0.2, 0.25) is 0 Å². The number of benzene rings is 3. The van der Waals surface area contributed by atoms with Crippen molar-refractivity contribution in [2.45, 2.75) is 19.0 Å². The first kappa shape index (κ1) is 22.3. The molecule has 2 N–H and O–H groups in total. The maximum atomic E-state index is 13.3. The molecule has 33 heavy (non-hydrogen) atoms. The van der Waals surface area contributed by atoms with Gasteiger partial charge in [-0.05, 0) is 61.4 Å². The number of amides is 2. The number of nitrogens with zero attached hydrogens (tertiary/aromatic N) is 2. The Morgan fingerprint density at radius 1 is 0.909 bits per heavy atom. The Morgan fingerprint density at radius 3 is 2.39 bits per heavy atom. The third-order valence-corrected chi connectivity index (χ3v) is 6.12. The van der Waals surface area contributed by atoms with Crippen LogP contribution >= 0.6 is 11.8 Å². The predicted molar refractivity (Wildman–Crippen MR) is 130 cm³/mol. The molecular formula is C25H22N4O3S. The number of rotatable bonds is 5. The summed E-state index contributed by atoms with van der Waals surface area (Å²) in [7, 11) is 0. The minimum Gasteiger partial charge on any atom is -0.272 e. The van der Waals surface area contributed by atoms with E-state index in [1.807, 2.05) is 38.1 Å². The molecule has 0 saturated carbocycles. The maximum absolute atomic E-state index is 13.3. The van der Waals surface area contributed by atoms with Crippen LogP contribution in [0.3, 0.4) is 0 Å². The molecule has 2 amide bonds. The van der Waals surface area contributed by atoms with Gasteiger partial charge in [0.1, 0.15) is 0 Å². The van der Waals surface area contributed by atoms with Gasteiger partial charge in [-0.2, -0.15) is 0 Å². The SMILES string of the molecule is Cc1ccc(-n2c(SCC(=O)NNC(=O)c3ccccc3)nc3ccccc3c2=O)cc1C. The molecule has 0 saturated heterocycles. The third-order valence-electron chi connectivity index (χ3n) is 5.18. The number of hydrazine groups is 1. The predicted octanol–water partition coefficient (Wildman–Crippen LogP) is 3.56. The van der Waals surface area contributed by atoms with Crippen LogP contribution in [0.4, 0.5) is 0 Å². The molecule has 0 aliphatic carbocycles. The molecule has 0 unspecified atom stereocenters. The number of hydrogen-bond donors (Lipinski definition) is 2. The standard InChI is InChI=1S/C25H22N4O3S/c1-16-12-13-19(14-17(16)2)29-24(32)20-10-6-7-11-21(20)26-25(29)33-15-22(30)27-28-23(31)18-8-4-3-5-9-18/h3-14H,15H2,1-2H3,(H,27,30)(H,28,31). The highest BCUT2D eigenvalue weighted by atomic mass is 32.2. The minimum atomic E-state index is -0.418. The lowest BCUT2D eigenvalue weighted by atomic mass is 10.1. The number of thioether (sulfide) groups is 1. The summed E-state index contributed by atoms with van der Waals surface area (Å²) in [5.41, 5.74) is 8.43. The van der Waals surface area contributed by atoms with E-state index in [-0.39, 0.29) is 11.3 Å². The van der Waals surface area contributed by atoms with Crippen molar-refractivity contribution in [3.05, 3.63) is 99.8 Å². The first-order chi connectivity index (χ1) is 15.9. The fourth-order valence-electron chi connectivity index (χ4n) is 3.26. The highest BCUT2D eigenvalue weighted by Crippen LogP contribution is 2.22. The average molecular weight is 459 g/mol. The zero-order chi connectivity index (χ0) is 23.4. The van der Waals surface area contributed by atoms with E-state index >= 15 is 0 Å². The molecule has 1 aromatic heterocycles. The molecular weight excluding hydrogens is 436 g/mol. The third kappa shape index (κ3) is 4.96. The van der Waals surface area contributed by atoms with Gasteiger partial charge >= 0.3 is 0 Å². The largest absolute Gasteiger partial charge is 0.272 e. The van der Waals surface area contributed by atoms with Gasteiger partial charge in [0.25, 0.3) is 11.5 Å². The van der Waals surface area contributed by atoms with E-state index in [0.717, 1.165) is 22.9 Å². The van der Waals surface area contributed by atoms with Crippen molar-refractivity contribution in [1.29, 1.82) is 0 Å². The number of carbonyl (C=O) groups is 2. The average Bonchev–Trinajstić information content (AvgIpc) is 2.83. The molecule has 0 atom stereocenters. The second-order valence-corrected chi connectivity index (χ2v) is 8.42. The Kier molecular flexibility index (Phi) is 6.55. The second kappa shape index (κ2) is 9.70. The van der Waals surface area contributed by atoms with Crippen molar-refractivity contribution < 1.29 is 9.59 Å². The van der Waals surface area contributed by atoms with Crippen molar-refractivity contribution in [2.75, 3.05) is 5.75 Å². The Labute approximate surface area is 194 Å². The fraction of sp³-hybridized carbons (Fsp3) is 0.120. The summed E-state index contributed by atoms with van der Waals surface area (Å²) in [6, 6.07) is 21.4. The Balaban J connectivity index is 1.57. The molecule has 8 heteroatoms. The van der Waals surface area contributed by atoms with Crippen molar-refractivity contribution in [3.8, 4) is 5.69 Å². The smallest absolute Gasteiger partial charge is 0.269 e. The second-order valence-electron chi connectivity index (χ2n) is 7.48. The summed E-state index contributed by atoms with van der Waals surface area (Å²) in [6.07, 6.45) is 0. The van der Waals surface area contributed by atoms with Gasteiger partial charge in [-0.25, -0.2) is 4.98 Å². The normalized spacial score (nSPS) is 10.7. The van der Waals surface area contributed by atoms with Crippen molar-refractivity contribution in [1.82, 2.24) is 20.4 Å². The molecule has 4 aromatic rings. The zero-order valence-corrected chi connectivity index (χ0v) is 19.0. The van der Waals surface area contributed by atoms with Crippen LogP contribution in [0.25, 0.3) is 16.6 Å². The van der Waals surface area contributed by atoms with Gasteiger partial charge in [0, 0.05) is 5.56 Å². The van der Waals surface area contributed by atoms with E-state index < -0.39 is 11.8 Å². The van der Waals surface area contributed by atoms with E-state index in [1.165, 1.54) is 4.57 Å². The van der Waals surface area contributed by atoms with Crippen molar-refractivity contribution in [2.24, 2.45) is 0 Å². The van der Waals surface area contributed by atoms with Gasteiger partial charge in [-0.15, -0.1) is 0 Å². The van der Waals surface area contributed by atoms with Crippen molar-refractivity contribution >= 4 is 34.5 Å². The van der Waals surface area contributed by atoms with Crippen LogP contribution in [0.15, 0.2) is 82.7 Å². The summed E-state index contributed by atoms with van der Waals surface area (Å²) < 4.78 is 1.52. The quantitative estimate of drug-likeness (QED) is 0.271. The molecule has 0 aliphatic rings. The lowest BCUT2D eigenvalue weighted by molar-refractivity contribution is -0.119. The van der Waals surface area contributed by atoms with Gasteiger partial charge < -0.3 is 0 Å². The molecule has 1 heterocycles. The summed E-state index contributed by atoms with van der Waals surface area (Å²) in [6.45, 7) is 3.98. The van der Waals surface area contributed by atoms with Gasteiger partial charge in [-0.3, -0.25) is 29.8 Å². The molecule has 0 fully saturated rings. The number of hydrogen-bond acceptors (Lipinski definition) is 5. The fourth-order valence-corrected chi connectivity index (χ4v) is 4.07. The van der Waals surface area contributed by atoms with E-state index in [4.69, 9.17) is 0 Å². The number of fused-ring (bicyclic) bond motifs is 1. The molecule has 0 bridgehead atoms.